The number of benzene rings is 1. The first-order valence-electron chi connectivity index (χ1n) is 13.1. The molecule has 4 rings (SSSR count). The molecule has 0 bridgehead atoms. The lowest BCUT2D eigenvalue weighted by molar-refractivity contribution is 0.177. The van der Waals surface area contributed by atoms with Crippen LogP contribution in [0, 0.1) is 6.92 Å². The number of aromatic nitrogens is 3. The number of aliphatic hydroxyl groups is 1. The highest BCUT2D eigenvalue weighted by Gasteiger charge is 2.21. The summed E-state index contributed by atoms with van der Waals surface area (Å²) in [4.78, 5) is 24.7. The molecule has 196 valence electrons. The summed E-state index contributed by atoms with van der Waals surface area (Å²) in [6.07, 6.45) is 3.61. The molecule has 1 aromatic carbocycles. The van der Waals surface area contributed by atoms with Crippen molar-refractivity contribution in [2.75, 3.05) is 45.9 Å². The second-order valence-corrected chi connectivity index (χ2v) is 10.6. The van der Waals surface area contributed by atoms with Crippen LogP contribution < -0.4 is 10.3 Å². The standard InChI is InChI=1S/C27H39N5O3S/c1-5-8-21-19(3)30(4)25-24(21)28-26(29-27(25)34)22-18-20(9-10-23(22)35-17-6-2)36-32-14-12-31(13-15-32)11-7-16-33/h9-10,18,33H,5-8,11-17H2,1-4H3,(H,28,29,34). The number of nitrogens with one attached hydrogen (secondary N) is 1. The number of aryl methyl sites for hydroxylation is 2. The Morgan fingerprint density at radius 2 is 1.94 bits per heavy atom. The second-order valence-electron chi connectivity index (χ2n) is 9.43. The van der Waals surface area contributed by atoms with Crippen LogP contribution in [0.2, 0.25) is 0 Å². The van der Waals surface area contributed by atoms with Crippen molar-refractivity contribution in [1.82, 2.24) is 23.7 Å². The van der Waals surface area contributed by atoms with Crippen molar-refractivity contribution in [3.63, 3.8) is 0 Å². The summed E-state index contributed by atoms with van der Waals surface area (Å²) < 4.78 is 10.4. The number of H-pyrrole nitrogens is 1. The molecule has 1 fully saturated rings. The number of nitrogens with zero attached hydrogens (tertiary/aromatic N) is 4. The first kappa shape index (κ1) is 26.7. The molecular formula is C27H39N5O3S. The molecule has 0 spiro atoms. The molecule has 1 aliphatic heterocycles. The Morgan fingerprint density at radius 1 is 1.17 bits per heavy atom. The van der Waals surface area contributed by atoms with Gasteiger partial charge in [-0.1, -0.05) is 20.3 Å². The van der Waals surface area contributed by atoms with Crippen LogP contribution in [0.4, 0.5) is 0 Å². The Kier molecular flexibility index (Phi) is 9.11. The van der Waals surface area contributed by atoms with Crippen molar-refractivity contribution in [2.24, 2.45) is 7.05 Å². The highest BCUT2D eigenvalue weighted by Crippen LogP contribution is 2.35. The average Bonchev–Trinajstić information content (AvgIpc) is 3.12. The molecule has 0 radical (unpaired) electrons. The van der Waals surface area contributed by atoms with Gasteiger partial charge in [-0.05, 0) is 61.9 Å². The number of fused-ring (bicyclic) bond motifs is 1. The van der Waals surface area contributed by atoms with Crippen molar-refractivity contribution in [2.45, 2.75) is 51.3 Å². The molecule has 0 amide bonds. The summed E-state index contributed by atoms with van der Waals surface area (Å²) in [6, 6.07) is 6.18. The highest BCUT2D eigenvalue weighted by atomic mass is 32.2. The zero-order valence-electron chi connectivity index (χ0n) is 22.0. The maximum atomic E-state index is 13.2. The Bertz CT molecular complexity index is 1230. The van der Waals surface area contributed by atoms with Crippen molar-refractivity contribution in [3.05, 3.63) is 39.8 Å². The van der Waals surface area contributed by atoms with Crippen LogP contribution in [0.15, 0.2) is 27.9 Å². The van der Waals surface area contributed by atoms with Crippen LogP contribution in [-0.4, -0.2) is 74.8 Å². The van der Waals surface area contributed by atoms with Crippen molar-refractivity contribution >= 4 is 23.0 Å². The normalized spacial score (nSPS) is 15.1. The van der Waals surface area contributed by atoms with Crippen LogP contribution in [0.25, 0.3) is 22.4 Å². The lowest BCUT2D eigenvalue weighted by Crippen LogP contribution is -2.43. The minimum Gasteiger partial charge on any atom is -0.493 e. The third-order valence-corrected chi connectivity index (χ3v) is 7.91. The monoisotopic (exact) mass is 513 g/mol. The van der Waals surface area contributed by atoms with Crippen LogP contribution in [0.1, 0.15) is 44.4 Å². The topological polar surface area (TPSA) is 86.6 Å². The van der Waals surface area contributed by atoms with Gasteiger partial charge in [-0.15, -0.1) is 0 Å². The average molecular weight is 514 g/mol. The SMILES string of the molecule is CCCOc1ccc(SN2CCN(CCCO)CC2)cc1-c1nc2c(CCC)c(C)n(C)c2c(=O)[nH]1. The molecule has 8 nitrogen and oxygen atoms in total. The Morgan fingerprint density at radius 3 is 2.64 bits per heavy atom. The predicted molar refractivity (Wildman–Crippen MR) is 147 cm³/mol. The molecule has 9 heteroatoms. The summed E-state index contributed by atoms with van der Waals surface area (Å²) in [5.41, 5.74) is 4.34. The van der Waals surface area contributed by atoms with E-state index in [1.807, 2.05) is 17.7 Å². The van der Waals surface area contributed by atoms with Gasteiger partial charge in [0.1, 0.15) is 17.1 Å². The van der Waals surface area contributed by atoms with Crippen molar-refractivity contribution < 1.29 is 9.84 Å². The second kappa shape index (κ2) is 12.3. The van der Waals surface area contributed by atoms with Crippen LogP contribution in [0.5, 0.6) is 5.75 Å². The summed E-state index contributed by atoms with van der Waals surface area (Å²) in [6.45, 7) is 12.0. The van der Waals surface area contributed by atoms with E-state index in [2.05, 4.69) is 47.1 Å². The number of aromatic amines is 1. The Hall–Kier alpha value is -2.33. The zero-order chi connectivity index (χ0) is 25.7. The smallest absolute Gasteiger partial charge is 0.275 e. The summed E-state index contributed by atoms with van der Waals surface area (Å²) in [7, 11) is 1.93. The van der Waals surface area contributed by atoms with Gasteiger partial charge in [0.05, 0.1) is 17.7 Å². The summed E-state index contributed by atoms with van der Waals surface area (Å²) in [5.74, 6) is 1.29. The molecule has 0 unspecified atom stereocenters. The van der Waals surface area contributed by atoms with Gasteiger partial charge >= 0.3 is 0 Å². The van der Waals surface area contributed by atoms with E-state index < -0.39 is 0 Å². The van der Waals surface area contributed by atoms with Crippen LogP contribution in [-0.2, 0) is 13.5 Å². The van der Waals surface area contributed by atoms with Gasteiger partial charge in [-0.25, -0.2) is 9.29 Å². The van der Waals surface area contributed by atoms with Gasteiger partial charge in [0.15, 0.2) is 0 Å². The van der Waals surface area contributed by atoms with E-state index in [-0.39, 0.29) is 12.2 Å². The number of rotatable bonds is 11. The number of piperazine rings is 1. The zero-order valence-corrected chi connectivity index (χ0v) is 22.8. The van der Waals surface area contributed by atoms with Crippen molar-refractivity contribution in [3.8, 4) is 17.1 Å². The molecule has 1 saturated heterocycles. The fourth-order valence-corrected chi connectivity index (χ4v) is 5.73. The third kappa shape index (κ3) is 5.80. The molecule has 0 aliphatic carbocycles. The van der Waals surface area contributed by atoms with Gasteiger partial charge in [0.25, 0.3) is 5.56 Å². The van der Waals surface area contributed by atoms with E-state index in [1.165, 1.54) is 0 Å². The first-order chi connectivity index (χ1) is 17.5. The van der Waals surface area contributed by atoms with Crippen molar-refractivity contribution in [1.29, 1.82) is 0 Å². The Balaban J connectivity index is 1.66. The van der Waals surface area contributed by atoms with E-state index in [0.717, 1.165) is 91.4 Å². The number of hydrogen-bond acceptors (Lipinski definition) is 7. The maximum Gasteiger partial charge on any atom is 0.275 e. The number of ether oxygens (including phenoxy) is 1. The van der Waals surface area contributed by atoms with Gasteiger partial charge in [-0.3, -0.25) is 4.79 Å². The lowest BCUT2D eigenvalue weighted by Gasteiger charge is -2.33. The van der Waals surface area contributed by atoms with E-state index >= 15 is 0 Å². The Labute approximate surface area is 217 Å². The minimum atomic E-state index is -0.124. The predicted octanol–water partition coefficient (Wildman–Crippen LogP) is 3.99. The van der Waals surface area contributed by atoms with E-state index in [4.69, 9.17) is 14.8 Å². The number of aliphatic hydroxyl groups excluding tert-OH is 1. The molecule has 36 heavy (non-hydrogen) atoms. The maximum absolute atomic E-state index is 13.2. The number of hydrogen-bond donors (Lipinski definition) is 2. The largest absolute Gasteiger partial charge is 0.493 e. The molecule has 0 atom stereocenters. The van der Waals surface area contributed by atoms with Crippen LogP contribution in [0.3, 0.4) is 0 Å². The minimum absolute atomic E-state index is 0.124. The molecule has 2 N–H and O–H groups in total. The fraction of sp³-hybridized carbons (Fsp3) is 0.556. The van der Waals surface area contributed by atoms with E-state index in [0.29, 0.717) is 17.9 Å². The van der Waals surface area contributed by atoms with Gasteiger partial charge < -0.3 is 24.3 Å². The molecule has 3 heterocycles. The van der Waals surface area contributed by atoms with E-state index in [9.17, 15) is 4.79 Å². The lowest BCUT2D eigenvalue weighted by atomic mass is 10.1. The molecule has 3 aromatic rings. The highest BCUT2D eigenvalue weighted by molar-refractivity contribution is 7.97. The fourth-order valence-electron chi connectivity index (χ4n) is 4.78. The molecular weight excluding hydrogens is 474 g/mol. The van der Waals surface area contributed by atoms with Crippen LogP contribution >= 0.6 is 11.9 Å². The first-order valence-corrected chi connectivity index (χ1v) is 13.9. The molecule has 0 saturated carbocycles. The van der Waals surface area contributed by atoms with Gasteiger partial charge in [0, 0.05) is 57.0 Å². The third-order valence-electron chi connectivity index (χ3n) is 6.82. The quantitative estimate of drug-likeness (QED) is 0.375. The summed E-state index contributed by atoms with van der Waals surface area (Å²) in [5, 5.41) is 9.09. The summed E-state index contributed by atoms with van der Waals surface area (Å²) >= 11 is 1.74. The van der Waals surface area contributed by atoms with Gasteiger partial charge in [-0.2, -0.15) is 0 Å². The van der Waals surface area contributed by atoms with E-state index in [1.54, 1.807) is 11.9 Å². The molecule has 1 aliphatic rings. The van der Waals surface area contributed by atoms with Gasteiger partial charge in [0.2, 0.25) is 0 Å². The molecule has 2 aromatic heterocycles.